The molecule has 2 rings (SSSR count). The fourth-order valence-corrected chi connectivity index (χ4v) is 2.26. The lowest BCUT2D eigenvalue weighted by Crippen LogP contribution is -2.35. The summed E-state index contributed by atoms with van der Waals surface area (Å²) in [5, 5.41) is 23.0. The van der Waals surface area contributed by atoms with Crippen molar-refractivity contribution in [1.29, 1.82) is 0 Å². The number of aromatic hydroxyl groups is 1. The van der Waals surface area contributed by atoms with Gasteiger partial charge in [-0.05, 0) is 12.5 Å². The molecular weight excluding hydrogens is 250 g/mol. The molecule has 1 atom stereocenters. The molecule has 7 nitrogen and oxygen atoms in total. The number of phenolic OH excluding ortho intramolecular Hbond substituents is 1. The minimum absolute atomic E-state index is 0.0709. The van der Waals surface area contributed by atoms with Gasteiger partial charge in [-0.1, -0.05) is 0 Å². The molecule has 0 aliphatic carbocycles. The van der Waals surface area contributed by atoms with Gasteiger partial charge in [0.1, 0.15) is 0 Å². The van der Waals surface area contributed by atoms with Crippen LogP contribution in [0.25, 0.3) is 0 Å². The van der Waals surface area contributed by atoms with Crippen molar-refractivity contribution in [2.75, 3.05) is 18.0 Å². The van der Waals surface area contributed by atoms with E-state index in [2.05, 4.69) is 5.32 Å². The first-order chi connectivity index (χ1) is 8.97. The third kappa shape index (κ3) is 2.93. The molecular formula is C12H15N3O4. The van der Waals surface area contributed by atoms with Gasteiger partial charge < -0.3 is 15.3 Å². The van der Waals surface area contributed by atoms with Crippen LogP contribution in [-0.2, 0) is 4.79 Å². The molecule has 1 unspecified atom stereocenters. The first kappa shape index (κ1) is 13.1. The zero-order valence-electron chi connectivity index (χ0n) is 10.5. The number of nitrogens with zero attached hydrogens (tertiary/aromatic N) is 2. The van der Waals surface area contributed by atoms with E-state index in [9.17, 15) is 20.0 Å². The Hall–Kier alpha value is -2.31. The van der Waals surface area contributed by atoms with Crippen molar-refractivity contribution in [2.45, 2.75) is 19.4 Å². The van der Waals surface area contributed by atoms with E-state index in [-0.39, 0.29) is 23.4 Å². The zero-order valence-corrected chi connectivity index (χ0v) is 10.5. The van der Waals surface area contributed by atoms with E-state index in [0.717, 1.165) is 18.7 Å². The molecule has 2 N–H and O–H groups in total. The second-order valence-corrected chi connectivity index (χ2v) is 4.56. The topological polar surface area (TPSA) is 95.7 Å². The molecule has 1 aromatic carbocycles. The predicted molar refractivity (Wildman–Crippen MR) is 69.2 cm³/mol. The summed E-state index contributed by atoms with van der Waals surface area (Å²) < 4.78 is 0. The minimum Gasteiger partial charge on any atom is -0.502 e. The Balaban J connectivity index is 2.09. The number of hydrogen-bond donors (Lipinski definition) is 2. The summed E-state index contributed by atoms with van der Waals surface area (Å²) in [5.74, 6) is -0.413. The number of anilines is 1. The summed E-state index contributed by atoms with van der Waals surface area (Å²) in [6, 6.07) is 4.36. The lowest BCUT2D eigenvalue weighted by molar-refractivity contribution is -0.385. The first-order valence-corrected chi connectivity index (χ1v) is 5.97. The predicted octanol–water partition coefficient (Wildman–Crippen LogP) is 1.02. The largest absolute Gasteiger partial charge is 0.502 e. The van der Waals surface area contributed by atoms with Crippen molar-refractivity contribution >= 4 is 17.3 Å². The quantitative estimate of drug-likeness (QED) is 0.628. The van der Waals surface area contributed by atoms with Crippen molar-refractivity contribution in [3.8, 4) is 5.75 Å². The standard InChI is InChI=1S/C12H15N3O4/c1-8(16)13-9-4-5-14(7-9)10-2-3-11(15(18)19)12(17)6-10/h2-3,6,9,17H,4-5,7H2,1H3,(H,13,16). The van der Waals surface area contributed by atoms with Gasteiger partial charge in [-0.3, -0.25) is 14.9 Å². The molecule has 7 heteroatoms. The van der Waals surface area contributed by atoms with E-state index in [1.165, 1.54) is 19.1 Å². The Labute approximate surface area is 110 Å². The van der Waals surface area contributed by atoms with Crippen LogP contribution in [0.2, 0.25) is 0 Å². The van der Waals surface area contributed by atoms with Gasteiger partial charge in [0.25, 0.3) is 0 Å². The number of benzene rings is 1. The second kappa shape index (κ2) is 5.13. The van der Waals surface area contributed by atoms with Crippen LogP contribution in [-0.4, -0.2) is 35.1 Å². The molecule has 1 saturated heterocycles. The second-order valence-electron chi connectivity index (χ2n) is 4.56. The molecule has 0 saturated carbocycles. The number of carbonyl (C=O) groups is 1. The van der Waals surface area contributed by atoms with Gasteiger partial charge in [0.05, 0.1) is 4.92 Å². The number of carbonyl (C=O) groups excluding carboxylic acids is 1. The lowest BCUT2D eigenvalue weighted by Gasteiger charge is -2.19. The molecule has 19 heavy (non-hydrogen) atoms. The summed E-state index contributed by atoms with van der Waals surface area (Å²) in [5.41, 5.74) is 0.414. The average Bonchev–Trinajstić information content (AvgIpc) is 2.75. The summed E-state index contributed by atoms with van der Waals surface area (Å²) >= 11 is 0. The van der Waals surface area contributed by atoms with Gasteiger partial charge >= 0.3 is 5.69 Å². The minimum atomic E-state index is -0.622. The third-order valence-corrected chi connectivity index (χ3v) is 3.12. The molecule has 102 valence electrons. The van der Waals surface area contributed by atoms with Crippen molar-refractivity contribution in [3.63, 3.8) is 0 Å². The molecule has 1 aliphatic heterocycles. The summed E-state index contributed by atoms with van der Waals surface area (Å²) in [7, 11) is 0. The van der Waals surface area contributed by atoms with E-state index in [4.69, 9.17) is 0 Å². The van der Waals surface area contributed by atoms with E-state index < -0.39 is 4.92 Å². The Morgan fingerprint density at radius 1 is 1.58 bits per heavy atom. The van der Waals surface area contributed by atoms with Gasteiger partial charge in [-0.15, -0.1) is 0 Å². The van der Waals surface area contributed by atoms with Gasteiger partial charge in [0, 0.05) is 43.9 Å². The van der Waals surface area contributed by atoms with E-state index in [1.54, 1.807) is 6.07 Å². The fourth-order valence-electron chi connectivity index (χ4n) is 2.26. The number of nitro benzene ring substituents is 1. The van der Waals surface area contributed by atoms with E-state index in [0.29, 0.717) is 6.54 Å². The van der Waals surface area contributed by atoms with Crippen molar-refractivity contribution in [2.24, 2.45) is 0 Å². The molecule has 1 heterocycles. The maximum Gasteiger partial charge on any atom is 0.310 e. The normalized spacial score (nSPS) is 18.4. The molecule has 1 aromatic rings. The van der Waals surface area contributed by atoms with Crippen LogP contribution in [0.5, 0.6) is 5.75 Å². The highest BCUT2D eigenvalue weighted by molar-refractivity contribution is 5.73. The first-order valence-electron chi connectivity index (χ1n) is 5.97. The van der Waals surface area contributed by atoms with Crippen molar-refractivity contribution in [3.05, 3.63) is 28.3 Å². The van der Waals surface area contributed by atoms with Crippen LogP contribution in [0.15, 0.2) is 18.2 Å². The molecule has 1 fully saturated rings. The van der Waals surface area contributed by atoms with E-state index >= 15 is 0 Å². The number of hydrogen-bond acceptors (Lipinski definition) is 5. The van der Waals surface area contributed by atoms with Gasteiger partial charge in [-0.25, -0.2) is 0 Å². The van der Waals surface area contributed by atoms with Gasteiger partial charge in [0.15, 0.2) is 5.75 Å². The molecule has 1 amide bonds. The van der Waals surface area contributed by atoms with Crippen LogP contribution in [0, 0.1) is 10.1 Å². The summed E-state index contributed by atoms with van der Waals surface area (Å²) in [4.78, 5) is 22.9. The summed E-state index contributed by atoms with van der Waals surface area (Å²) in [6.45, 7) is 2.85. The number of phenols is 1. The smallest absolute Gasteiger partial charge is 0.310 e. The Kier molecular flexibility index (Phi) is 3.55. The number of nitro groups is 1. The van der Waals surface area contributed by atoms with Gasteiger partial charge in [-0.2, -0.15) is 0 Å². The van der Waals surface area contributed by atoms with Crippen LogP contribution < -0.4 is 10.2 Å². The molecule has 0 radical (unpaired) electrons. The third-order valence-electron chi connectivity index (χ3n) is 3.12. The Bertz CT molecular complexity index is 518. The maximum absolute atomic E-state index is 11.0. The molecule has 1 aliphatic rings. The highest BCUT2D eigenvalue weighted by atomic mass is 16.6. The maximum atomic E-state index is 11.0. The average molecular weight is 265 g/mol. The Morgan fingerprint density at radius 3 is 2.89 bits per heavy atom. The van der Waals surface area contributed by atoms with Crippen LogP contribution in [0.3, 0.4) is 0 Å². The van der Waals surface area contributed by atoms with Crippen LogP contribution >= 0.6 is 0 Å². The highest BCUT2D eigenvalue weighted by Crippen LogP contribution is 2.31. The number of amides is 1. The highest BCUT2D eigenvalue weighted by Gasteiger charge is 2.24. The number of rotatable bonds is 3. The molecule has 0 bridgehead atoms. The lowest BCUT2D eigenvalue weighted by atomic mass is 10.2. The van der Waals surface area contributed by atoms with Gasteiger partial charge in [0.2, 0.25) is 5.91 Å². The van der Waals surface area contributed by atoms with Crippen molar-refractivity contribution < 1.29 is 14.8 Å². The monoisotopic (exact) mass is 265 g/mol. The van der Waals surface area contributed by atoms with Crippen LogP contribution in [0.1, 0.15) is 13.3 Å². The summed E-state index contributed by atoms with van der Waals surface area (Å²) in [6.07, 6.45) is 0.817. The fraction of sp³-hybridized carbons (Fsp3) is 0.417. The van der Waals surface area contributed by atoms with E-state index in [1.807, 2.05) is 4.90 Å². The molecule has 0 aromatic heterocycles. The molecule has 0 spiro atoms. The van der Waals surface area contributed by atoms with Crippen molar-refractivity contribution in [1.82, 2.24) is 5.32 Å². The zero-order chi connectivity index (χ0) is 14.0. The Morgan fingerprint density at radius 2 is 2.32 bits per heavy atom. The SMILES string of the molecule is CC(=O)NC1CCN(c2ccc([N+](=O)[O-])c(O)c2)C1. The number of nitrogens with one attached hydrogen (secondary N) is 1. The van der Waals surface area contributed by atoms with Crippen LogP contribution in [0.4, 0.5) is 11.4 Å².